The van der Waals surface area contributed by atoms with Gasteiger partial charge in [-0.1, -0.05) is 13.8 Å². The van der Waals surface area contributed by atoms with Gasteiger partial charge in [0.15, 0.2) is 5.96 Å². The first-order chi connectivity index (χ1) is 13.5. The van der Waals surface area contributed by atoms with E-state index < -0.39 is 0 Å². The topological polar surface area (TPSA) is 69.2 Å². The van der Waals surface area contributed by atoms with E-state index in [1.165, 1.54) is 12.8 Å². The number of nitrogens with zero attached hydrogens (tertiary/aromatic N) is 3. The van der Waals surface area contributed by atoms with Crippen LogP contribution in [-0.2, 0) is 9.53 Å². The Morgan fingerprint density at radius 1 is 1.14 bits per heavy atom. The number of piperidine rings is 2. The van der Waals surface area contributed by atoms with Crippen LogP contribution in [0.5, 0.6) is 0 Å². The highest BCUT2D eigenvalue weighted by atomic mass is 127. The third-order valence-corrected chi connectivity index (χ3v) is 5.81. The smallest absolute Gasteiger partial charge is 0.225 e. The number of hydrogen-bond donors (Lipinski definition) is 2. The number of guanidine groups is 1. The molecular weight excluding hydrogens is 481 g/mol. The fourth-order valence-electron chi connectivity index (χ4n) is 3.96. The fourth-order valence-corrected chi connectivity index (χ4v) is 3.96. The zero-order chi connectivity index (χ0) is 20.4. The van der Waals surface area contributed by atoms with Crippen LogP contribution in [-0.4, -0.2) is 87.2 Å². The molecule has 0 unspecified atom stereocenters. The van der Waals surface area contributed by atoms with Crippen molar-refractivity contribution in [1.82, 2.24) is 20.4 Å². The van der Waals surface area contributed by atoms with Crippen molar-refractivity contribution in [3.8, 4) is 0 Å². The molecule has 1 amide bonds. The summed E-state index contributed by atoms with van der Waals surface area (Å²) in [4.78, 5) is 21.5. The predicted octanol–water partition coefficient (Wildman–Crippen LogP) is 2.16. The Hall–Kier alpha value is -0.610. The molecule has 0 aliphatic carbocycles. The van der Waals surface area contributed by atoms with E-state index in [1.807, 2.05) is 18.7 Å². The quantitative estimate of drug-likeness (QED) is 0.290. The largest absolute Gasteiger partial charge is 0.383 e. The van der Waals surface area contributed by atoms with Gasteiger partial charge in [0.25, 0.3) is 0 Å². The summed E-state index contributed by atoms with van der Waals surface area (Å²) in [6, 6.07) is 0.393. The number of hydrogen-bond acceptors (Lipinski definition) is 4. The highest BCUT2D eigenvalue weighted by Gasteiger charge is 2.25. The zero-order valence-electron chi connectivity index (χ0n) is 18.8. The Morgan fingerprint density at radius 2 is 1.79 bits per heavy atom. The molecule has 0 radical (unpaired) electrons. The van der Waals surface area contributed by atoms with Crippen LogP contribution in [0.2, 0.25) is 0 Å². The number of rotatable bonds is 8. The molecule has 2 rings (SSSR count). The predicted molar refractivity (Wildman–Crippen MR) is 130 cm³/mol. The van der Waals surface area contributed by atoms with Crippen LogP contribution in [0, 0.1) is 11.8 Å². The first-order valence-corrected chi connectivity index (χ1v) is 11.1. The second-order valence-corrected chi connectivity index (χ2v) is 8.40. The molecule has 0 aromatic heterocycles. The second kappa shape index (κ2) is 14.4. The van der Waals surface area contributed by atoms with Gasteiger partial charge in [0.05, 0.1) is 6.61 Å². The monoisotopic (exact) mass is 523 g/mol. The summed E-state index contributed by atoms with van der Waals surface area (Å²) in [6.45, 7) is 13.6. The molecule has 29 heavy (non-hydrogen) atoms. The van der Waals surface area contributed by atoms with Crippen molar-refractivity contribution in [3.05, 3.63) is 0 Å². The maximum absolute atomic E-state index is 12.1. The Kier molecular flexibility index (Phi) is 13.1. The van der Waals surface area contributed by atoms with E-state index in [0.29, 0.717) is 12.0 Å². The Morgan fingerprint density at radius 3 is 2.34 bits per heavy atom. The van der Waals surface area contributed by atoms with Crippen LogP contribution >= 0.6 is 24.0 Å². The lowest BCUT2D eigenvalue weighted by molar-refractivity contribution is -0.135. The van der Waals surface area contributed by atoms with Gasteiger partial charge >= 0.3 is 0 Å². The summed E-state index contributed by atoms with van der Waals surface area (Å²) in [5.74, 6) is 1.96. The van der Waals surface area contributed by atoms with Gasteiger partial charge in [0, 0.05) is 51.8 Å². The third kappa shape index (κ3) is 9.38. The molecule has 2 aliphatic rings. The number of carbonyl (C=O) groups excluding carboxylic acids is 1. The number of aliphatic imine (C=N–C) groups is 1. The lowest BCUT2D eigenvalue weighted by Crippen LogP contribution is -2.50. The van der Waals surface area contributed by atoms with Gasteiger partial charge in [-0.05, 0) is 51.6 Å². The second-order valence-electron chi connectivity index (χ2n) is 8.40. The van der Waals surface area contributed by atoms with Gasteiger partial charge in [0.1, 0.15) is 0 Å². The summed E-state index contributed by atoms with van der Waals surface area (Å²) in [5.41, 5.74) is 0. The van der Waals surface area contributed by atoms with Crippen molar-refractivity contribution in [3.63, 3.8) is 0 Å². The summed E-state index contributed by atoms with van der Waals surface area (Å²) < 4.78 is 5.18. The summed E-state index contributed by atoms with van der Waals surface area (Å²) in [5, 5.41) is 6.99. The number of halogens is 1. The molecule has 0 atom stereocenters. The molecule has 0 spiro atoms. The van der Waals surface area contributed by atoms with E-state index in [1.54, 1.807) is 7.11 Å². The van der Waals surface area contributed by atoms with Gasteiger partial charge in [-0.3, -0.25) is 9.79 Å². The minimum absolute atomic E-state index is 0. The normalized spacial score (nSPS) is 19.9. The molecule has 2 N–H and O–H groups in total. The van der Waals surface area contributed by atoms with Crippen molar-refractivity contribution < 1.29 is 9.53 Å². The highest BCUT2D eigenvalue weighted by Crippen LogP contribution is 2.17. The SMILES string of the molecule is CCNC(=NCC1CCN(CCOC)CC1)NC1CCN(C(=O)C(C)C)CC1.I. The standard InChI is InChI=1S/C21H41N5O2.HI/c1-5-22-21(23-16-18-6-10-25(11-7-18)14-15-28-4)24-19-8-12-26(13-9-19)20(27)17(2)3;/h17-19H,5-16H2,1-4H3,(H2,22,23,24);1H. The molecular formula is C21H42IN5O2. The molecule has 0 aromatic rings. The van der Waals surface area contributed by atoms with Gasteiger partial charge in [-0.2, -0.15) is 0 Å². The van der Waals surface area contributed by atoms with Crippen LogP contribution in [0.3, 0.4) is 0 Å². The van der Waals surface area contributed by atoms with Gasteiger partial charge in [-0.25, -0.2) is 0 Å². The highest BCUT2D eigenvalue weighted by molar-refractivity contribution is 14.0. The van der Waals surface area contributed by atoms with Gasteiger partial charge in [-0.15, -0.1) is 24.0 Å². The average molecular weight is 524 g/mol. The number of carbonyl (C=O) groups is 1. The fraction of sp³-hybridized carbons (Fsp3) is 0.905. The maximum Gasteiger partial charge on any atom is 0.225 e. The van der Waals surface area contributed by atoms with E-state index in [9.17, 15) is 4.79 Å². The van der Waals surface area contributed by atoms with E-state index in [4.69, 9.17) is 9.73 Å². The van der Waals surface area contributed by atoms with Crippen LogP contribution in [0.4, 0.5) is 0 Å². The lowest BCUT2D eigenvalue weighted by atomic mass is 9.97. The molecule has 2 heterocycles. The van der Waals surface area contributed by atoms with Crippen molar-refractivity contribution in [2.45, 2.75) is 52.5 Å². The molecule has 2 aliphatic heterocycles. The van der Waals surface area contributed by atoms with Crippen molar-refractivity contribution in [1.29, 1.82) is 0 Å². The van der Waals surface area contributed by atoms with E-state index in [0.717, 1.165) is 71.2 Å². The maximum atomic E-state index is 12.1. The molecule has 170 valence electrons. The van der Waals surface area contributed by atoms with Gasteiger partial charge < -0.3 is 25.2 Å². The average Bonchev–Trinajstić information content (AvgIpc) is 2.71. The van der Waals surface area contributed by atoms with Crippen molar-refractivity contribution in [2.75, 3.05) is 59.5 Å². The summed E-state index contributed by atoms with van der Waals surface area (Å²) in [6.07, 6.45) is 4.40. The van der Waals surface area contributed by atoms with Crippen LogP contribution in [0.25, 0.3) is 0 Å². The Bertz CT molecular complexity index is 487. The van der Waals surface area contributed by atoms with Gasteiger partial charge in [0.2, 0.25) is 5.91 Å². The summed E-state index contributed by atoms with van der Waals surface area (Å²) in [7, 11) is 1.77. The van der Waals surface area contributed by atoms with Crippen molar-refractivity contribution in [2.24, 2.45) is 16.8 Å². The number of likely N-dealkylation sites (tertiary alicyclic amines) is 2. The number of nitrogens with one attached hydrogen (secondary N) is 2. The molecule has 0 saturated carbocycles. The molecule has 8 heteroatoms. The van der Waals surface area contributed by atoms with E-state index in [2.05, 4.69) is 22.5 Å². The summed E-state index contributed by atoms with van der Waals surface area (Å²) >= 11 is 0. The Labute approximate surface area is 194 Å². The zero-order valence-corrected chi connectivity index (χ0v) is 21.1. The van der Waals surface area contributed by atoms with Crippen LogP contribution in [0.1, 0.15) is 46.5 Å². The lowest BCUT2D eigenvalue weighted by Gasteiger charge is -2.34. The first kappa shape index (κ1) is 26.4. The molecule has 0 aromatic carbocycles. The minimum atomic E-state index is 0. The first-order valence-electron chi connectivity index (χ1n) is 11.1. The number of methoxy groups -OCH3 is 1. The molecule has 7 nitrogen and oxygen atoms in total. The van der Waals surface area contributed by atoms with Crippen LogP contribution < -0.4 is 10.6 Å². The van der Waals surface area contributed by atoms with E-state index >= 15 is 0 Å². The van der Waals surface area contributed by atoms with Crippen molar-refractivity contribution >= 4 is 35.8 Å². The molecule has 0 bridgehead atoms. The molecule has 2 saturated heterocycles. The number of amides is 1. The third-order valence-electron chi connectivity index (χ3n) is 5.81. The minimum Gasteiger partial charge on any atom is -0.383 e. The van der Waals surface area contributed by atoms with E-state index in [-0.39, 0.29) is 35.8 Å². The van der Waals surface area contributed by atoms with Crippen LogP contribution in [0.15, 0.2) is 4.99 Å². The molecule has 2 fully saturated rings. The Balaban J connectivity index is 0.00000420. The number of ether oxygens (including phenoxy) is 1.